The molecule has 5 heteroatoms. The number of hydrogen-bond donors (Lipinski definition) is 1. The lowest BCUT2D eigenvalue weighted by Crippen LogP contribution is -2.08. The summed E-state index contributed by atoms with van der Waals surface area (Å²) >= 11 is 1.58. The van der Waals surface area contributed by atoms with Gasteiger partial charge in [-0.15, -0.1) is 0 Å². The van der Waals surface area contributed by atoms with E-state index in [-0.39, 0.29) is 5.69 Å². The monoisotopic (exact) mass is 270 g/mol. The van der Waals surface area contributed by atoms with Crippen LogP contribution in [-0.2, 0) is 0 Å². The Morgan fingerprint density at radius 1 is 1.44 bits per heavy atom. The van der Waals surface area contributed by atoms with Crippen molar-refractivity contribution < 1.29 is 8.78 Å². The van der Waals surface area contributed by atoms with Crippen LogP contribution < -0.4 is 5.32 Å². The van der Waals surface area contributed by atoms with Crippen LogP contribution in [0.5, 0.6) is 0 Å². The minimum absolute atomic E-state index is 0.271. The van der Waals surface area contributed by atoms with E-state index in [4.69, 9.17) is 0 Å². The van der Waals surface area contributed by atoms with Gasteiger partial charge in [-0.2, -0.15) is 0 Å². The van der Waals surface area contributed by atoms with Crippen molar-refractivity contribution in [1.29, 1.82) is 0 Å². The van der Waals surface area contributed by atoms with E-state index < -0.39 is 11.6 Å². The highest BCUT2D eigenvalue weighted by Crippen LogP contribution is 2.25. The van der Waals surface area contributed by atoms with Crippen molar-refractivity contribution >= 4 is 22.6 Å². The number of rotatable bonds is 3. The molecule has 0 spiro atoms. The van der Waals surface area contributed by atoms with Crippen molar-refractivity contribution in [2.45, 2.75) is 26.3 Å². The van der Waals surface area contributed by atoms with Gasteiger partial charge in [0, 0.05) is 11.8 Å². The first kappa shape index (κ1) is 13.3. The lowest BCUT2D eigenvalue weighted by molar-refractivity contribution is 0.529. The van der Waals surface area contributed by atoms with Crippen LogP contribution in [0, 0.1) is 17.6 Å². The molecule has 1 aromatic carbocycles. The Balaban J connectivity index is 2.02. The molecular formula is C13H16F2N2S. The van der Waals surface area contributed by atoms with Crippen LogP contribution in [0.3, 0.4) is 0 Å². The second kappa shape index (κ2) is 5.69. The van der Waals surface area contributed by atoms with Gasteiger partial charge in [-0.1, -0.05) is 25.6 Å². The lowest BCUT2D eigenvalue weighted by Gasteiger charge is -2.07. The van der Waals surface area contributed by atoms with E-state index in [9.17, 15) is 8.78 Å². The highest BCUT2D eigenvalue weighted by Gasteiger charge is 2.20. The lowest BCUT2D eigenvalue weighted by atomic mass is 10.1. The van der Waals surface area contributed by atoms with Gasteiger partial charge < -0.3 is 5.32 Å². The van der Waals surface area contributed by atoms with Crippen LogP contribution >= 0.6 is 11.8 Å². The summed E-state index contributed by atoms with van der Waals surface area (Å²) in [7, 11) is 0. The molecule has 1 heterocycles. The van der Waals surface area contributed by atoms with E-state index in [0.29, 0.717) is 17.1 Å². The zero-order valence-electron chi connectivity index (χ0n) is 10.4. The second-order valence-electron chi connectivity index (χ2n) is 4.78. The fraction of sp³-hybridized carbons (Fsp3) is 0.462. The molecule has 0 aliphatic carbocycles. The molecule has 1 atom stereocenters. The molecule has 98 valence electrons. The molecule has 1 aliphatic heterocycles. The Morgan fingerprint density at radius 3 is 2.89 bits per heavy atom. The Kier molecular flexibility index (Phi) is 4.22. The van der Waals surface area contributed by atoms with Gasteiger partial charge in [0.05, 0.1) is 11.7 Å². The number of hydrogen-bond acceptors (Lipinski definition) is 3. The van der Waals surface area contributed by atoms with E-state index in [0.717, 1.165) is 18.2 Å². The van der Waals surface area contributed by atoms with Gasteiger partial charge >= 0.3 is 0 Å². The summed E-state index contributed by atoms with van der Waals surface area (Å²) in [5.41, 5.74) is 0.271. The molecule has 1 unspecified atom stereocenters. The molecule has 1 N–H and O–H groups in total. The number of nitrogens with one attached hydrogen (secondary N) is 1. The van der Waals surface area contributed by atoms with Gasteiger partial charge in [0.2, 0.25) is 0 Å². The average Bonchev–Trinajstić information content (AvgIpc) is 2.69. The van der Waals surface area contributed by atoms with Crippen molar-refractivity contribution in [3.8, 4) is 0 Å². The molecule has 0 amide bonds. The van der Waals surface area contributed by atoms with Crippen LogP contribution in [0.25, 0.3) is 0 Å². The van der Waals surface area contributed by atoms with E-state index in [1.807, 2.05) is 0 Å². The summed E-state index contributed by atoms with van der Waals surface area (Å²) in [6, 6.07) is 3.79. The zero-order chi connectivity index (χ0) is 13.1. The predicted molar refractivity (Wildman–Crippen MR) is 73.1 cm³/mol. The van der Waals surface area contributed by atoms with Crippen molar-refractivity contribution in [2.24, 2.45) is 10.9 Å². The molecule has 0 saturated heterocycles. The molecule has 0 saturated carbocycles. The molecule has 0 bridgehead atoms. The number of benzene rings is 1. The molecule has 2 rings (SSSR count). The highest BCUT2D eigenvalue weighted by atomic mass is 32.2. The quantitative estimate of drug-likeness (QED) is 0.901. The molecule has 1 aromatic rings. The fourth-order valence-electron chi connectivity index (χ4n) is 1.85. The SMILES string of the molecule is CC(C)CC1CSC(Nc2ccc(F)cc2F)=N1. The molecule has 0 radical (unpaired) electrons. The van der Waals surface area contributed by atoms with Crippen LogP contribution in [0.15, 0.2) is 23.2 Å². The van der Waals surface area contributed by atoms with Crippen LogP contribution in [0.2, 0.25) is 0 Å². The third-order valence-corrected chi connectivity index (χ3v) is 3.66. The van der Waals surface area contributed by atoms with Crippen LogP contribution in [-0.4, -0.2) is 17.0 Å². The maximum Gasteiger partial charge on any atom is 0.161 e. The van der Waals surface area contributed by atoms with Gasteiger partial charge in [-0.05, 0) is 24.5 Å². The Hall–Kier alpha value is -1.10. The van der Waals surface area contributed by atoms with Gasteiger partial charge in [0.15, 0.2) is 5.17 Å². The predicted octanol–water partition coefficient (Wildman–Crippen LogP) is 3.89. The first-order valence-corrected chi connectivity index (χ1v) is 6.96. The summed E-state index contributed by atoms with van der Waals surface area (Å²) < 4.78 is 26.2. The molecule has 18 heavy (non-hydrogen) atoms. The van der Waals surface area contributed by atoms with Crippen molar-refractivity contribution in [2.75, 3.05) is 11.1 Å². The van der Waals surface area contributed by atoms with Crippen molar-refractivity contribution in [3.63, 3.8) is 0 Å². The van der Waals surface area contributed by atoms with E-state index in [1.165, 1.54) is 12.1 Å². The van der Waals surface area contributed by atoms with E-state index in [2.05, 4.69) is 24.2 Å². The number of amidine groups is 1. The maximum atomic E-state index is 13.4. The van der Waals surface area contributed by atoms with Gasteiger partial charge in [0.1, 0.15) is 11.6 Å². The average molecular weight is 270 g/mol. The number of anilines is 1. The maximum absolute atomic E-state index is 13.4. The van der Waals surface area contributed by atoms with Crippen molar-refractivity contribution in [1.82, 2.24) is 0 Å². The summed E-state index contributed by atoms with van der Waals surface area (Å²) in [6.45, 7) is 4.32. The second-order valence-corrected chi connectivity index (χ2v) is 5.79. The smallest absolute Gasteiger partial charge is 0.161 e. The van der Waals surface area contributed by atoms with Crippen LogP contribution in [0.4, 0.5) is 14.5 Å². The standard InChI is InChI=1S/C13H16F2N2S/c1-8(2)5-10-7-18-13(16-10)17-12-4-3-9(14)6-11(12)15/h3-4,6,8,10H,5,7H2,1-2H3,(H,16,17). The van der Waals surface area contributed by atoms with E-state index >= 15 is 0 Å². The molecule has 2 nitrogen and oxygen atoms in total. The van der Waals surface area contributed by atoms with Crippen LogP contribution in [0.1, 0.15) is 20.3 Å². The number of aliphatic imine (C=N–C) groups is 1. The molecule has 0 aromatic heterocycles. The fourth-order valence-corrected chi connectivity index (χ4v) is 2.82. The first-order valence-electron chi connectivity index (χ1n) is 5.97. The normalized spacial score (nSPS) is 19.2. The van der Waals surface area contributed by atoms with E-state index in [1.54, 1.807) is 11.8 Å². The summed E-state index contributed by atoms with van der Waals surface area (Å²) in [6.07, 6.45) is 1.03. The number of thioether (sulfide) groups is 1. The first-order chi connectivity index (χ1) is 8.54. The molecule has 1 aliphatic rings. The molecule has 0 fully saturated rings. The highest BCUT2D eigenvalue weighted by molar-refractivity contribution is 8.14. The third kappa shape index (κ3) is 3.45. The minimum Gasteiger partial charge on any atom is -0.333 e. The Morgan fingerprint density at radius 2 is 2.22 bits per heavy atom. The molecular weight excluding hydrogens is 254 g/mol. The summed E-state index contributed by atoms with van der Waals surface area (Å²) in [4.78, 5) is 4.50. The largest absolute Gasteiger partial charge is 0.333 e. The minimum atomic E-state index is -0.592. The third-order valence-electron chi connectivity index (χ3n) is 2.63. The Labute approximate surface area is 110 Å². The van der Waals surface area contributed by atoms with Gasteiger partial charge in [0.25, 0.3) is 0 Å². The topological polar surface area (TPSA) is 24.4 Å². The number of halogens is 2. The van der Waals surface area contributed by atoms with Gasteiger partial charge in [-0.25, -0.2) is 8.78 Å². The zero-order valence-corrected chi connectivity index (χ0v) is 11.2. The Bertz CT molecular complexity index is 460. The number of nitrogens with zero attached hydrogens (tertiary/aromatic N) is 1. The van der Waals surface area contributed by atoms with Gasteiger partial charge in [-0.3, -0.25) is 4.99 Å². The van der Waals surface area contributed by atoms with Crippen molar-refractivity contribution in [3.05, 3.63) is 29.8 Å². The summed E-state index contributed by atoms with van der Waals surface area (Å²) in [5.74, 6) is 0.354. The summed E-state index contributed by atoms with van der Waals surface area (Å²) in [5, 5.41) is 3.62.